The number of nitrogens with zero attached hydrogens (tertiary/aromatic N) is 4. The van der Waals surface area contributed by atoms with Gasteiger partial charge < -0.3 is 24.8 Å². The summed E-state index contributed by atoms with van der Waals surface area (Å²) in [6.45, 7) is -0.265. The molecule has 1 heterocycles. The Kier molecular flexibility index (Phi) is 13.9. The molecule has 25 heteroatoms. The fourth-order valence-corrected chi connectivity index (χ4v) is 7.79. The molecule has 0 saturated heterocycles. The number of halogens is 3. The van der Waals surface area contributed by atoms with E-state index < -0.39 is 102 Å². The van der Waals surface area contributed by atoms with Gasteiger partial charge in [-0.1, -0.05) is 54.1 Å². The van der Waals surface area contributed by atoms with Crippen LogP contribution in [-0.2, 0) is 36.9 Å². The van der Waals surface area contributed by atoms with Crippen LogP contribution in [0.25, 0.3) is 21.5 Å². The van der Waals surface area contributed by atoms with Crippen molar-refractivity contribution in [2.45, 2.75) is 21.2 Å². The second-order valence-electron chi connectivity index (χ2n) is 11.2. The minimum absolute atomic E-state index is 0. The summed E-state index contributed by atoms with van der Waals surface area (Å²) in [6.07, 6.45) is -1.43. The number of fused-ring (bicyclic) bond motifs is 2. The number of rotatable bonds is 10. The second-order valence-corrected chi connectivity index (χ2v) is 15.7. The third-order valence-corrected chi connectivity index (χ3v) is 10.8. The van der Waals surface area contributed by atoms with Crippen molar-refractivity contribution in [1.82, 2.24) is 9.97 Å². The van der Waals surface area contributed by atoms with Gasteiger partial charge in [0.15, 0.2) is 11.6 Å². The summed E-state index contributed by atoms with van der Waals surface area (Å²) in [7, 11) is -16.3. The molecule has 5 aromatic carbocycles. The maximum atomic E-state index is 13.8. The van der Waals surface area contributed by atoms with Crippen LogP contribution in [0.2, 0.25) is 5.02 Å². The van der Waals surface area contributed by atoms with E-state index in [-0.39, 0.29) is 82.5 Å². The van der Waals surface area contributed by atoms with Gasteiger partial charge in [0.1, 0.15) is 41.5 Å². The fraction of sp³-hybridized carbons (Fsp3) is 0.0312. The summed E-state index contributed by atoms with van der Waals surface area (Å²) >= 11 is 5.81. The number of amides is 1. The molecule has 0 spiro atoms. The molecule has 0 aliphatic heterocycles. The topological polar surface area (TPSA) is 281 Å². The van der Waals surface area contributed by atoms with Crippen molar-refractivity contribution in [2.24, 2.45) is 10.2 Å². The maximum Gasteiger partial charge on any atom is 1.00 e. The SMILES string of the molecule is O=C(Nc1ccc(S(=O)(=O)[O-])c2cc(S(=O)(=O)[O-])c(N=Nc3ccc4c(CNc5nc(F)nc(F)c5Cl)cccc4c3S(=O)(=O)O)c(O)c12)c1ccccc1.[Li+].[Na+]. The van der Waals surface area contributed by atoms with Crippen molar-refractivity contribution in [3.8, 4) is 5.75 Å². The van der Waals surface area contributed by atoms with E-state index in [1.807, 2.05) is 0 Å². The van der Waals surface area contributed by atoms with E-state index in [1.165, 1.54) is 48.5 Å². The minimum Gasteiger partial charge on any atom is -0.744 e. The molecule has 6 aromatic rings. The average molecular weight is 863 g/mol. The Balaban J connectivity index is 0.00000360. The Hall–Kier alpha value is -4.15. The van der Waals surface area contributed by atoms with E-state index in [1.54, 1.807) is 6.07 Å². The van der Waals surface area contributed by atoms with Gasteiger partial charge in [-0.3, -0.25) is 9.35 Å². The minimum atomic E-state index is -5.70. The monoisotopic (exact) mass is 862 g/mol. The van der Waals surface area contributed by atoms with E-state index in [0.29, 0.717) is 12.1 Å². The molecule has 0 unspecified atom stereocenters. The molecule has 0 aliphatic rings. The van der Waals surface area contributed by atoms with E-state index in [9.17, 15) is 57.6 Å². The van der Waals surface area contributed by atoms with Gasteiger partial charge in [0, 0.05) is 22.9 Å². The number of aromatic hydroxyl groups is 1. The standard InChI is InChI=1S/C32H21ClF2N6O11S3.Li.Na/c33-25-29(34)38-32(35)39-30(25)36-14-16-7-4-8-18-17(16)9-10-21(28(18)55(50,51)52)40-41-26-23(54(47,48)49)13-19-22(53(44,45)46)12-11-20(24(19)27(26)42)37-31(43)15-5-2-1-3-6-15;;/h1-13,42H,14H2,(H,37,43)(H,36,38,39)(H,44,45,46)(H,47,48,49)(H,50,51,52);;/q;2*+1/p-2. The third-order valence-electron chi connectivity index (χ3n) is 7.83. The predicted octanol–water partition coefficient (Wildman–Crippen LogP) is -0.237. The molecule has 0 aliphatic carbocycles. The summed E-state index contributed by atoms with van der Waals surface area (Å²) in [6, 6.07) is 15.8. The van der Waals surface area contributed by atoms with Gasteiger partial charge in [0.2, 0.25) is 5.95 Å². The van der Waals surface area contributed by atoms with Crippen LogP contribution in [0.15, 0.2) is 104 Å². The fourth-order valence-electron chi connectivity index (χ4n) is 5.51. The first kappa shape index (κ1) is 45.5. The number of benzene rings is 5. The van der Waals surface area contributed by atoms with E-state index in [0.717, 1.165) is 12.1 Å². The van der Waals surface area contributed by atoms with Crippen LogP contribution < -0.4 is 59.1 Å². The molecule has 0 bridgehead atoms. The summed E-state index contributed by atoms with van der Waals surface area (Å²) in [5.74, 6) is -3.87. The summed E-state index contributed by atoms with van der Waals surface area (Å²) in [4.78, 5) is 15.8. The van der Waals surface area contributed by atoms with Crippen LogP contribution in [0.1, 0.15) is 15.9 Å². The zero-order valence-electron chi connectivity index (χ0n) is 28.9. The number of anilines is 2. The number of phenols is 1. The maximum absolute atomic E-state index is 13.8. The molecule has 57 heavy (non-hydrogen) atoms. The van der Waals surface area contributed by atoms with Gasteiger partial charge in [-0.25, -0.2) is 16.8 Å². The molecule has 1 amide bonds. The van der Waals surface area contributed by atoms with Gasteiger partial charge >= 0.3 is 54.5 Å². The van der Waals surface area contributed by atoms with Crippen LogP contribution in [0.3, 0.4) is 0 Å². The Morgan fingerprint density at radius 3 is 2.12 bits per heavy atom. The summed E-state index contributed by atoms with van der Waals surface area (Å²) < 4.78 is 137. The van der Waals surface area contributed by atoms with Crippen molar-refractivity contribution in [1.29, 1.82) is 0 Å². The van der Waals surface area contributed by atoms with Crippen molar-refractivity contribution >= 4 is 92.3 Å². The molecule has 0 atom stereocenters. The molecular weight excluding hydrogens is 844 g/mol. The molecule has 0 radical (unpaired) electrons. The first-order valence-corrected chi connectivity index (χ1v) is 19.6. The first-order chi connectivity index (χ1) is 25.8. The largest absolute Gasteiger partial charge is 1.00 e. The zero-order chi connectivity index (χ0) is 40.0. The van der Waals surface area contributed by atoms with Gasteiger partial charge in [-0.05, 0) is 47.3 Å². The van der Waals surface area contributed by atoms with Gasteiger partial charge in [0.05, 0.1) is 20.9 Å². The van der Waals surface area contributed by atoms with Gasteiger partial charge in [-0.2, -0.15) is 27.2 Å². The summed E-state index contributed by atoms with van der Waals surface area (Å²) in [5, 5.41) is 21.6. The third kappa shape index (κ3) is 9.60. The molecule has 284 valence electrons. The quantitative estimate of drug-likeness (QED) is 0.0455. The van der Waals surface area contributed by atoms with Crippen molar-refractivity contribution in [2.75, 3.05) is 10.6 Å². The van der Waals surface area contributed by atoms with Gasteiger partial charge in [-0.15, -0.1) is 10.2 Å². The number of carbonyl (C=O) groups is 1. The van der Waals surface area contributed by atoms with Crippen molar-refractivity contribution in [3.05, 3.63) is 107 Å². The van der Waals surface area contributed by atoms with Crippen LogP contribution in [0.5, 0.6) is 5.75 Å². The molecular formula is C32H19ClF2LiN6NaO11S3. The molecule has 17 nitrogen and oxygen atoms in total. The number of phenolic OH excluding ortho intramolecular Hbond substituents is 1. The first-order valence-electron chi connectivity index (χ1n) is 14.9. The van der Waals surface area contributed by atoms with Crippen molar-refractivity contribution < 1.29 is 106 Å². The zero-order valence-corrected chi connectivity index (χ0v) is 34.1. The number of hydrogen-bond donors (Lipinski definition) is 4. The molecule has 0 saturated carbocycles. The van der Waals surface area contributed by atoms with Crippen molar-refractivity contribution in [3.63, 3.8) is 0 Å². The van der Waals surface area contributed by atoms with Crippen LogP contribution >= 0.6 is 11.6 Å². The Morgan fingerprint density at radius 1 is 0.825 bits per heavy atom. The molecule has 6 rings (SSSR count). The molecule has 4 N–H and O–H groups in total. The molecule has 0 fully saturated rings. The number of hydrogen-bond acceptors (Lipinski definition) is 15. The normalized spacial score (nSPS) is 12.0. The predicted molar refractivity (Wildman–Crippen MR) is 188 cm³/mol. The Labute approximate surface area is 360 Å². The smallest absolute Gasteiger partial charge is 0.744 e. The number of azo groups is 1. The number of nitrogens with one attached hydrogen (secondary N) is 2. The van der Waals surface area contributed by atoms with Crippen LogP contribution in [-0.4, -0.2) is 59.9 Å². The number of aromatic nitrogens is 2. The Bertz CT molecular complexity index is 2970. The van der Waals surface area contributed by atoms with Crippen LogP contribution in [0.4, 0.5) is 31.7 Å². The number of carbonyl (C=O) groups excluding carboxylic acids is 1. The Morgan fingerprint density at radius 2 is 1.49 bits per heavy atom. The average Bonchev–Trinajstić information content (AvgIpc) is 3.10. The molecule has 1 aromatic heterocycles. The second kappa shape index (κ2) is 17.4. The van der Waals surface area contributed by atoms with E-state index in [4.69, 9.17) is 11.6 Å². The van der Waals surface area contributed by atoms with Crippen LogP contribution in [0, 0.1) is 12.0 Å². The summed E-state index contributed by atoms with van der Waals surface area (Å²) in [5.41, 5.74) is -1.87. The van der Waals surface area contributed by atoms with E-state index >= 15 is 0 Å². The van der Waals surface area contributed by atoms with Gasteiger partial charge in [0.25, 0.3) is 16.0 Å². The van der Waals surface area contributed by atoms with E-state index in [2.05, 4.69) is 30.8 Å².